The Morgan fingerprint density at radius 1 is 0.859 bits per heavy atom. The number of nitrogens with two attached hydrogens (primary N) is 2. The summed E-state index contributed by atoms with van der Waals surface area (Å²) in [5.41, 5.74) is -5.68. The van der Waals surface area contributed by atoms with Gasteiger partial charge in [0.1, 0.15) is 12.2 Å². The van der Waals surface area contributed by atoms with Gasteiger partial charge in [0.05, 0.1) is 29.8 Å². The van der Waals surface area contributed by atoms with Gasteiger partial charge in [0, 0.05) is 61.5 Å². The number of carbonyl (C=O) groups excluding carboxylic acids is 6. The summed E-state index contributed by atoms with van der Waals surface area (Å²) in [6.07, 6.45) is -7.66. The van der Waals surface area contributed by atoms with Crippen LogP contribution in [0.4, 0.5) is 0 Å². The maximum absolute atomic E-state index is 15.8. The van der Waals surface area contributed by atoms with E-state index in [2.05, 4.69) is 5.32 Å². The highest BCUT2D eigenvalue weighted by Gasteiger charge is 2.77. The van der Waals surface area contributed by atoms with Gasteiger partial charge in [-0.1, -0.05) is 92.7 Å². The van der Waals surface area contributed by atoms with Gasteiger partial charge in [-0.3, -0.25) is 28.8 Å². The SMILES string of the molecule is CC(=O)O[C@H]1C(=O)[C@@]2(C)C([C@H](CC(=O)c3ccccc3)[C@]3(O)C[C@H](OC(=O)[C@H](ON)[C@@H](NC(=O)c4ccccc4)c4ccccc4)C(C)=C1C3(C)C)[C@]1(OC(C)=O)CO[C@@H]1C[C@@H]2ON. The number of hydrogen-bond donors (Lipinski definition) is 4. The van der Waals surface area contributed by atoms with Crippen molar-refractivity contribution in [3.8, 4) is 0 Å². The first kappa shape index (κ1) is 46.4. The molecule has 3 aromatic rings. The number of fused-ring (bicyclic) bond motifs is 5. The lowest BCUT2D eigenvalue weighted by Gasteiger charge is -2.68. The summed E-state index contributed by atoms with van der Waals surface area (Å²) in [6, 6.07) is 24.0. The molecule has 16 heteroatoms. The molecular weight excluding hydrogens is 827 g/mol. The van der Waals surface area contributed by atoms with Crippen LogP contribution in [-0.2, 0) is 47.8 Å². The number of ether oxygens (including phenoxy) is 4. The molecule has 0 spiro atoms. The Morgan fingerprint density at radius 3 is 1.98 bits per heavy atom. The lowest BCUT2D eigenvalue weighted by molar-refractivity contribution is -0.343. The maximum atomic E-state index is 15.8. The van der Waals surface area contributed by atoms with Crippen LogP contribution < -0.4 is 17.1 Å². The first-order valence-corrected chi connectivity index (χ1v) is 21.2. The number of benzene rings is 3. The molecule has 1 aliphatic heterocycles. The fourth-order valence-corrected chi connectivity index (χ4v) is 11.1. The summed E-state index contributed by atoms with van der Waals surface area (Å²) in [5.74, 6) is 5.06. The molecule has 1 saturated heterocycles. The minimum absolute atomic E-state index is 0.0291. The van der Waals surface area contributed by atoms with Crippen LogP contribution in [0.15, 0.2) is 102 Å². The molecule has 6 N–H and O–H groups in total. The zero-order valence-corrected chi connectivity index (χ0v) is 36.6. The molecule has 2 bridgehead atoms. The summed E-state index contributed by atoms with van der Waals surface area (Å²) < 4.78 is 24.5. The molecule has 3 aromatic carbocycles. The third-order valence-electron chi connectivity index (χ3n) is 14.2. The van der Waals surface area contributed by atoms with Crippen LogP contribution in [0.25, 0.3) is 0 Å². The highest BCUT2D eigenvalue weighted by molar-refractivity contribution is 5.98. The van der Waals surface area contributed by atoms with E-state index in [0.29, 0.717) is 16.7 Å². The molecule has 16 nitrogen and oxygen atoms in total. The maximum Gasteiger partial charge on any atom is 0.340 e. The predicted octanol–water partition coefficient (Wildman–Crippen LogP) is 4.20. The summed E-state index contributed by atoms with van der Waals surface area (Å²) >= 11 is 0. The molecule has 4 aliphatic rings. The first-order chi connectivity index (χ1) is 30.3. The van der Waals surface area contributed by atoms with Crippen LogP contribution in [0, 0.1) is 22.7 Å². The van der Waals surface area contributed by atoms with Crippen molar-refractivity contribution in [2.45, 2.75) is 109 Å². The molecule has 1 heterocycles. The van der Waals surface area contributed by atoms with Crippen LogP contribution >= 0.6 is 0 Å². The standard InChI is InChI=1S/C48H55N3O13/c1-26-34(61-44(57)40(64-50)38(30-18-12-8-13-19-30)51-43(56)31-20-14-9-15-21-31)24-48(58)32(22-33(54)29-16-10-7-11-17-29)41-46(6,42(55)39(60-27(2)52)37(26)45(48,4)5)35(63-49)23-36-47(41,25-59-36)62-28(3)53/h7-21,32,34-36,38-41,58H,22-25,49-50H2,1-6H3,(H,51,56)/t32-,34-,35-,36+,38-,39+,40+,41?,46+,47-,48+/m0/s1. The first-order valence-electron chi connectivity index (χ1n) is 21.2. The zero-order valence-electron chi connectivity index (χ0n) is 36.6. The van der Waals surface area contributed by atoms with Gasteiger partial charge in [-0.2, -0.15) is 0 Å². The topological polar surface area (TPSA) is 242 Å². The van der Waals surface area contributed by atoms with E-state index in [9.17, 15) is 29.1 Å². The van der Waals surface area contributed by atoms with E-state index >= 15 is 4.79 Å². The molecule has 3 aliphatic carbocycles. The Hall–Kier alpha value is -5.62. The molecule has 1 unspecified atom stereocenters. The summed E-state index contributed by atoms with van der Waals surface area (Å²) in [4.78, 5) is 95.8. The van der Waals surface area contributed by atoms with Crippen LogP contribution in [0.3, 0.4) is 0 Å². The highest BCUT2D eigenvalue weighted by atomic mass is 16.7. The molecule has 7 rings (SSSR count). The number of nitrogens with one attached hydrogen (secondary N) is 1. The summed E-state index contributed by atoms with van der Waals surface area (Å²) in [5, 5.41) is 16.8. The Morgan fingerprint density at radius 2 is 1.45 bits per heavy atom. The van der Waals surface area contributed by atoms with Crippen molar-refractivity contribution in [3.63, 3.8) is 0 Å². The second-order valence-corrected chi connectivity index (χ2v) is 18.0. The number of hydrogen-bond acceptors (Lipinski definition) is 15. The van der Waals surface area contributed by atoms with Crippen molar-refractivity contribution in [2.75, 3.05) is 6.61 Å². The van der Waals surface area contributed by atoms with E-state index in [-0.39, 0.29) is 30.6 Å². The second-order valence-electron chi connectivity index (χ2n) is 18.0. The molecule has 11 atom stereocenters. The van der Waals surface area contributed by atoms with Crippen molar-refractivity contribution < 1.29 is 62.5 Å². The minimum Gasteiger partial charge on any atom is -0.456 e. The van der Waals surface area contributed by atoms with E-state index in [1.807, 2.05) is 0 Å². The smallest absolute Gasteiger partial charge is 0.340 e. The third-order valence-corrected chi connectivity index (χ3v) is 14.2. The van der Waals surface area contributed by atoms with Crippen molar-refractivity contribution in [1.29, 1.82) is 0 Å². The van der Waals surface area contributed by atoms with Crippen molar-refractivity contribution in [1.82, 2.24) is 5.32 Å². The fourth-order valence-electron chi connectivity index (χ4n) is 11.1. The van der Waals surface area contributed by atoms with Crippen molar-refractivity contribution >= 4 is 35.4 Å². The average molecular weight is 882 g/mol. The van der Waals surface area contributed by atoms with Crippen LogP contribution in [0.1, 0.15) is 93.1 Å². The van der Waals surface area contributed by atoms with Gasteiger partial charge in [-0.05, 0) is 42.7 Å². The van der Waals surface area contributed by atoms with Gasteiger partial charge in [-0.15, -0.1) is 0 Å². The molecule has 340 valence electrons. The largest absolute Gasteiger partial charge is 0.456 e. The molecular formula is C48H55N3O13. The van der Waals surface area contributed by atoms with Crippen molar-refractivity contribution in [3.05, 3.63) is 119 Å². The lowest BCUT2D eigenvalue weighted by atomic mass is 9.41. The Bertz CT molecular complexity index is 2320. The van der Waals surface area contributed by atoms with Gasteiger partial charge >= 0.3 is 17.9 Å². The number of ketones is 2. The molecule has 2 saturated carbocycles. The summed E-state index contributed by atoms with van der Waals surface area (Å²) in [7, 11) is 0. The average Bonchev–Trinajstić information content (AvgIpc) is 3.26. The molecule has 1 amide bonds. The second kappa shape index (κ2) is 17.7. The Labute approximate surface area is 370 Å². The van der Waals surface area contributed by atoms with E-state index in [1.54, 1.807) is 119 Å². The molecule has 3 fully saturated rings. The van der Waals surface area contributed by atoms with E-state index in [0.717, 1.165) is 6.92 Å². The number of esters is 3. The zero-order chi connectivity index (χ0) is 46.4. The fraction of sp³-hybridized carbons (Fsp3) is 0.458. The van der Waals surface area contributed by atoms with Gasteiger partial charge in [0.15, 0.2) is 29.4 Å². The number of rotatable bonds is 13. The number of Topliss-reactive ketones (excluding diaryl/α,β-unsaturated/α-hetero) is 2. The van der Waals surface area contributed by atoms with Gasteiger partial charge in [-0.25, -0.2) is 16.6 Å². The third kappa shape index (κ3) is 7.75. The van der Waals surface area contributed by atoms with Gasteiger partial charge in [0.25, 0.3) is 5.91 Å². The molecule has 64 heavy (non-hydrogen) atoms. The number of carbonyl (C=O) groups is 6. The predicted molar refractivity (Wildman–Crippen MR) is 227 cm³/mol. The number of aliphatic hydroxyl groups is 1. The van der Waals surface area contributed by atoms with E-state index in [4.69, 9.17) is 40.4 Å². The van der Waals surface area contributed by atoms with Gasteiger partial charge in [0.2, 0.25) is 0 Å². The van der Waals surface area contributed by atoms with Crippen LogP contribution in [0.5, 0.6) is 0 Å². The van der Waals surface area contributed by atoms with Crippen LogP contribution in [-0.4, -0.2) is 88.8 Å². The Balaban J connectivity index is 1.41. The van der Waals surface area contributed by atoms with Gasteiger partial charge < -0.3 is 34.2 Å². The minimum atomic E-state index is -2.15. The summed E-state index contributed by atoms with van der Waals surface area (Å²) in [6.45, 7) is 8.63. The normalized spacial score (nSPS) is 31.3. The van der Waals surface area contributed by atoms with Crippen molar-refractivity contribution in [2.24, 2.45) is 34.5 Å². The lowest BCUT2D eigenvalue weighted by Crippen LogP contribution is -2.80. The molecule has 0 aromatic heterocycles. The Kier molecular flexibility index (Phi) is 12.9. The van der Waals surface area contributed by atoms with Crippen LogP contribution in [0.2, 0.25) is 0 Å². The number of amides is 1. The quantitative estimate of drug-likeness (QED) is 0.0619. The van der Waals surface area contributed by atoms with E-state index in [1.165, 1.54) is 6.92 Å². The van der Waals surface area contributed by atoms with E-state index < -0.39 is 112 Å². The highest BCUT2D eigenvalue weighted by Crippen LogP contribution is 2.66. The molecule has 0 radical (unpaired) electrons. The monoisotopic (exact) mass is 881 g/mol.